The molecule has 0 atom stereocenters. The third-order valence-electron chi connectivity index (χ3n) is 1.28. The Morgan fingerprint density at radius 2 is 1.73 bits per heavy atom. The minimum absolute atomic E-state index is 0.140. The van der Waals surface area contributed by atoms with Gasteiger partial charge in [0, 0.05) is 6.92 Å². The van der Waals surface area contributed by atoms with Crippen LogP contribution in [0.4, 0.5) is 0 Å². The third kappa shape index (κ3) is 4.90. The second kappa shape index (κ2) is 6.69. The van der Waals surface area contributed by atoms with E-state index < -0.39 is 17.8 Å². The van der Waals surface area contributed by atoms with E-state index in [9.17, 15) is 14.7 Å². The van der Waals surface area contributed by atoms with Crippen molar-refractivity contribution in [3.8, 4) is 0 Å². The molecule has 0 aliphatic rings. The van der Waals surface area contributed by atoms with Crippen molar-refractivity contribution < 1.29 is 24.2 Å². The van der Waals surface area contributed by atoms with Gasteiger partial charge in [0.15, 0.2) is 0 Å². The number of carbonyl (C=O) groups excluding carboxylic acids is 2. The van der Waals surface area contributed by atoms with Gasteiger partial charge in [-0.05, 0) is 13.8 Å². The number of ether oxygens (including phenoxy) is 2. The van der Waals surface area contributed by atoms with Gasteiger partial charge in [-0.1, -0.05) is 0 Å². The number of esters is 1. The van der Waals surface area contributed by atoms with Crippen molar-refractivity contribution in [1.82, 2.24) is 5.32 Å². The number of hydrogen-bond acceptors (Lipinski definition) is 5. The molecular formula is C9H15NO5. The lowest BCUT2D eigenvalue weighted by molar-refractivity contribution is -0.140. The molecule has 1 amide bonds. The summed E-state index contributed by atoms with van der Waals surface area (Å²) in [5.41, 5.74) is -0.383. The number of carbonyl (C=O) groups is 2. The zero-order chi connectivity index (χ0) is 11.8. The summed E-state index contributed by atoms with van der Waals surface area (Å²) in [5, 5.41) is 11.4. The lowest BCUT2D eigenvalue weighted by atomic mass is 10.4. The number of aliphatic hydroxyl groups excluding tert-OH is 1. The Kier molecular flexibility index (Phi) is 5.92. The Morgan fingerprint density at radius 3 is 2.13 bits per heavy atom. The minimum atomic E-state index is -0.835. The first-order chi connectivity index (χ1) is 7.02. The van der Waals surface area contributed by atoms with Gasteiger partial charge in [0.05, 0.1) is 13.2 Å². The van der Waals surface area contributed by atoms with E-state index in [1.165, 1.54) is 6.92 Å². The van der Waals surface area contributed by atoms with Gasteiger partial charge in [0.25, 0.3) is 0 Å². The topological polar surface area (TPSA) is 84.9 Å². The molecule has 2 N–H and O–H groups in total. The van der Waals surface area contributed by atoms with E-state index in [1.807, 2.05) is 0 Å². The van der Waals surface area contributed by atoms with Crippen LogP contribution in [-0.2, 0) is 19.1 Å². The minimum Gasteiger partial charge on any atom is -0.479 e. The normalized spacial score (nSPS) is 11.4. The zero-order valence-electron chi connectivity index (χ0n) is 8.99. The van der Waals surface area contributed by atoms with Crippen molar-refractivity contribution >= 4 is 11.9 Å². The molecule has 0 aromatic heterocycles. The Bertz CT molecular complexity index is 272. The van der Waals surface area contributed by atoms with Crippen molar-refractivity contribution in [2.24, 2.45) is 0 Å². The van der Waals surface area contributed by atoms with E-state index in [0.717, 1.165) is 0 Å². The van der Waals surface area contributed by atoms with E-state index in [0.29, 0.717) is 0 Å². The highest BCUT2D eigenvalue weighted by Gasteiger charge is 2.19. The smallest absolute Gasteiger partial charge is 0.362 e. The van der Waals surface area contributed by atoms with E-state index in [1.54, 1.807) is 13.8 Å². The summed E-state index contributed by atoms with van der Waals surface area (Å²) in [7, 11) is 0. The van der Waals surface area contributed by atoms with Gasteiger partial charge in [-0.3, -0.25) is 4.79 Å². The average Bonchev–Trinajstić information content (AvgIpc) is 2.14. The SMILES string of the molecule is CCOC(=O)C(NC(C)=O)=C(O)OCC. The molecule has 6 heteroatoms. The summed E-state index contributed by atoms with van der Waals surface area (Å²) in [6.07, 6.45) is 0. The number of rotatable bonds is 5. The summed E-state index contributed by atoms with van der Waals surface area (Å²) in [6, 6.07) is 0. The first-order valence-corrected chi connectivity index (χ1v) is 4.53. The van der Waals surface area contributed by atoms with Crippen LogP contribution in [0.5, 0.6) is 0 Å². The monoisotopic (exact) mass is 217 g/mol. The van der Waals surface area contributed by atoms with Crippen LogP contribution in [0.15, 0.2) is 11.6 Å². The molecule has 0 fully saturated rings. The molecule has 0 spiro atoms. The molecule has 86 valence electrons. The van der Waals surface area contributed by atoms with E-state index in [-0.39, 0.29) is 18.9 Å². The highest BCUT2D eigenvalue weighted by Crippen LogP contribution is 2.02. The van der Waals surface area contributed by atoms with E-state index in [2.05, 4.69) is 10.1 Å². The summed E-state index contributed by atoms with van der Waals surface area (Å²) < 4.78 is 9.31. The maximum Gasteiger partial charge on any atom is 0.362 e. The third-order valence-corrected chi connectivity index (χ3v) is 1.28. The van der Waals surface area contributed by atoms with Gasteiger partial charge in [-0.2, -0.15) is 0 Å². The average molecular weight is 217 g/mol. The fourth-order valence-corrected chi connectivity index (χ4v) is 0.780. The fraction of sp³-hybridized carbons (Fsp3) is 0.556. The molecule has 0 saturated heterocycles. The molecule has 0 unspecified atom stereocenters. The summed E-state index contributed by atoms with van der Waals surface area (Å²) >= 11 is 0. The van der Waals surface area contributed by atoms with Crippen molar-refractivity contribution in [3.05, 3.63) is 11.6 Å². The van der Waals surface area contributed by atoms with Crippen LogP contribution in [0.2, 0.25) is 0 Å². The van der Waals surface area contributed by atoms with Crippen LogP contribution in [0.25, 0.3) is 0 Å². The van der Waals surface area contributed by atoms with Gasteiger partial charge in [0.1, 0.15) is 0 Å². The van der Waals surface area contributed by atoms with Crippen molar-refractivity contribution in [1.29, 1.82) is 0 Å². The Balaban J connectivity index is 4.78. The largest absolute Gasteiger partial charge is 0.479 e. The van der Waals surface area contributed by atoms with Gasteiger partial charge in [-0.25, -0.2) is 4.79 Å². The number of hydrogen-bond donors (Lipinski definition) is 2. The second-order valence-electron chi connectivity index (χ2n) is 2.51. The fourth-order valence-electron chi connectivity index (χ4n) is 0.780. The summed E-state index contributed by atoms with van der Waals surface area (Å²) in [4.78, 5) is 22.0. The highest BCUT2D eigenvalue weighted by molar-refractivity contribution is 5.93. The molecule has 0 aromatic carbocycles. The standard InChI is InChI=1S/C9H15NO5/c1-4-14-8(12)7(10-6(3)11)9(13)15-5-2/h12H,4-5H2,1-3H3,(H,10,11). The first kappa shape index (κ1) is 13.3. The molecule has 0 aliphatic carbocycles. The van der Waals surface area contributed by atoms with Crippen molar-refractivity contribution in [3.63, 3.8) is 0 Å². The molecular weight excluding hydrogens is 202 g/mol. The van der Waals surface area contributed by atoms with E-state index in [4.69, 9.17) is 4.74 Å². The maximum absolute atomic E-state index is 11.3. The maximum atomic E-state index is 11.3. The molecule has 0 heterocycles. The molecule has 0 rings (SSSR count). The predicted octanol–water partition coefficient (Wildman–Crippen LogP) is 0.449. The molecule has 15 heavy (non-hydrogen) atoms. The first-order valence-electron chi connectivity index (χ1n) is 4.53. The molecule has 0 aliphatic heterocycles. The lowest BCUT2D eigenvalue weighted by Gasteiger charge is -2.09. The Labute approximate surface area is 87.9 Å². The number of aliphatic hydroxyl groups is 1. The molecule has 6 nitrogen and oxygen atoms in total. The number of amides is 1. The second-order valence-corrected chi connectivity index (χ2v) is 2.51. The Morgan fingerprint density at radius 1 is 1.20 bits per heavy atom. The van der Waals surface area contributed by atoms with Gasteiger partial charge in [-0.15, -0.1) is 0 Å². The van der Waals surface area contributed by atoms with Crippen molar-refractivity contribution in [2.45, 2.75) is 20.8 Å². The predicted molar refractivity (Wildman–Crippen MR) is 51.7 cm³/mol. The van der Waals surface area contributed by atoms with Crippen LogP contribution in [0.1, 0.15) is 20.8 Å². The van der Waals surface area contributed by atoms with Crippen LogP contribution < -0.4 is 5.32 Å². The van der Waals surface area contributed by atoms with Gasteiger partial charge < -0.3 is 19.9 Å². The van der Waals surface area contributed by atoms with E-state index >= 15 is 0 Å². The molecule has 0 saturated carbocycles. The lowest BCUT2D eigenvalue weighted by Crippen LogP contribution is -2.28. The molecule has 0 aromatic rings. The zero-order valence-corrected chi connectivity index (χ0v) is 8.99. The molecule has 0 bridgehead atoms. The van der Waals surface area contributed by atoms with Crippen LogP contribution in [0.3, 0.4) is 0 Å². The summed E-state index contributed by atoms with van der Waals surface area (Å²) in [5.74, 6) is -1.98. The molecule has 0 radical (unpaired) electrons. The van der Waals surface area contributed by atoms with Crippen LogP contribution in [0, 0.1) is 0 Å². The highest BCUT2D eigenvalue weighted by atomic mass is 16.6. The van der Waals surface area contributed by atoms with Crippen LogP contribution in [-0.4, -0.2) is 30.2 Å². The van der Waals surface area contributed by atoms with Crippen molar-refractivity contribution in [2.75, 3.05) is 13.2 Å². The van der Waals surface area contributed by atoms with Gasteiger partial charge in [0.2, 0.25) is 11.6 Å². The van der Waals surface area contributed by atoms with Crippen LogP contribution >= 0.6 is 0 Å². The Hall–Kier alpha value is -1.72. The number of nitrogens with one attached hydrogen (secondary N) is 1. The van der Waals surface area contributed by atoms with Gasteiger partial charge >= 0.3 is 11.9 Å². The quantitative estimate of drug-likeness (QED) is 0.396. The summed E-state index contributed by atoms with van der Waals surface area (Å²) in [6.45, 7) is 4.77.